The van der Waals surface area contributed by atoms with E-state index in [0.29, 0.717) is 0 Å². The highest BCUT2D eigenvalue weighted by Crippen LogP contribution is 2.28. The first-order valence-electron chi connectivity index (χ1n) is 5.78. The third-order valence-electron chi connectivity index (χ3n) is 2.88. The molecule has 0 bridgehead atoms. The fourth-order valence-corrected chi connectivity index (χ4v) is 2.20. The van der Waals surface area contributed by atoms with Crippen molar-refractivity contribution in [2.75, 3.05) is 0 Å². The molecular formula is C15H7Cl2F2NO. The van der Waals surface area contributed by atoms with Crippen molar-refractivity contribution in [2.45, 2.75) is 5.92 Å². The first-order chi connectivity index (χ1) is 9.95. The van der Waals surface area contributed by atoms with Crippen molar-refractivity contribution < 1.29 is 13.6 Å². The average Bonchev–Trinajstić information content (AvgIpc) is 2.44. The summed E-state index contributed by atoms with van der Waals surface area (Å²) in [6.07, 6.45) is 0. The zero-order valence-electron chi connectivity index (χ0n) is 10.4. The summed E-state index contributed by atoms with van der Waals surface area (Å²) in [5.74, 6) is -4.07. The molecule has 0 N–H and O–H groups in total. The standard InChI is InChI=1S/C15H7Cl2F2NO/c16-8-4-5-10(13(18)6-8)15(21)11(7-20)9-2-1-3-12(17)14(9)19/h1-6,11H. The van der Waals surface area contributed by atoms with Crippen molar-refractivity contribution >= 4 is 29.0 Å². The minimum atomic E-state index is -1.49. The molecule has 106 valence electrons. The largest absolute Gasteiger partial charge is 0.292 e. The first-order valence-corrected chi connectivity index (χ1v) is 6.54. The van der Waals surface area contributed by atoms with E-state index in [1.165, 1.54) is 24.3 Å². The number of carbonyl (C=O) groups is 1. The van der Waals surface area contributed by atoms with E-state index < -0.39 is 23.3 Å². The van der Waals surface area contributed by atoms with Crippen LogP contribution in [0.5, 0.6) is 0 Å². The number of ketones is 1. The van der Waals surface area contributed by atoms with Gasteiger partial charge in [0.05, 0.1) is 16.7 Å². The minimum absolute atomic E-state index is 0.117. The van der Waals surface area contributed by atoms with E-state index in [0.717, 1.165) is 12.1 Å². The number of rotatable bonds is 3. The normalized spacial score (nSPS) is 11.8. The smallest absolute Gasteiger partial charge is 0.187 e. The van der Waals surface area contributed by atoms with Crippen LogP contribution in [-0.2, 0) is 0 Å². The molecule has 0 fully saturated rings. The highest BCUT2D eigenvalue weighted by molar-refractivity contribution is 6.31. The molecule has 0 amide bonds. The molecule has 2 nitrogen and oxygen atoms in total. The number of hydrogen-bond donors (Lipinski definition) is 0. The highest BCUT2D eigenvalue weighted by atomic mass is 35.5. The summed E-state index contributed by atoms with van der Waals surface area (Å²) in [7, 11) is 0. The van der Waals surface area contributed by atoms with Gasteiger partial charge in [0.25, 0.3) is 0 Å². The minimum Gasteiger partial charge on any atom is -0.292 e. The molecule has 2 aromatic carbocycles. The summed E-state index contributed by atoms with van der Waals surface area (Å²) in [6, 6.07) is 9.09. The lowest BCUT2D eigenvalue weighted by Crippen LogP contribution is -2.14. The van der Waals surface area contributed by atoms with Gasteiger partial charge in [-0.2, -0.15) is 5.26 Å². The number of halogens is 4. The van der Waals surface area contributed by atoms with Crippen molar-refractivity contribution in [1.29, 1.82) is 5.26 Å². The Morgan fingerprint density at radius 3 is 2.52 bits per heavy atom. The van der Waals surface area contributed by atoms with Crippen molar-refractivity contribution in [3.8, 4) is 6.07 Å². The third kappa shape index (κ3) is 3.05. The van der Waals surface area contributed by atoms with Gasteiger partial charge < -0.3 is 0 Å². The third-order valence-corrected chi connectivity index (χ3v) is 3.41. The van der Waals surface area contributed by atoms with Crippen molar-refractivity contribution in [2.24, 2.45) is 0 Å². The second kappa shape index (κ2) is 6.21. The van der Waals surface area contributed by atoms with E-state index in [-0.39, 0.29) is 21.2 Å². The fourth-order valence-electron chi connectivity index (χ4n) is 1.86. The number of nitriles is 1. The summed E-state index contributed by atoms with van der Waals surface area (Å²) >= 11 is 11.2. The van der Waals surface area contributed by atoms with Crippen LogP contribution in [0.2, 0.25) is 10.0 Å². The Labute approximate surface area is 129 Å². The molecule has 0 aliphatic rings. The Kier molecular flexibility index (Phi) is 4.56. The molecule has 0 radical (unpaired) electrons. The Morgan fingerprint density at radius 2 is 1.90 bits per heavy atom. The first kappa shape index (κ1) is 15.4. The molecule has 0 saturated carbocycles. The molecule has 0 aliphatic heterocycles. The molecule has 6 heteroatoms. The molecule has 1 unspecified atom stereocenters. The van der Waals surface area contributed by atoms with Gasteiger partial charge in [0.2, 0.25) is 0 Å². The molecule has 0 aliphatic carbocycles. The molecule has 1 atom stereocenters. The van der Waals surface area contributed by atoms with E-state index in [1.807, 2.05) is 0 Å². The fraction of sp³-hybridized carbons (Fsp3) is 0.0667. The van der Waals surface area contributed by atoms with E-state index in [4.69, 9.17) is 28.5 Å². The number of carbonyl (C=O) groups excluding carboxylic acids is 1. The zero-order valence-corrected chi connectivity index (χ0v) is 11.9. The van der Waals surface area contributed by atoms with Crippen LogP contribution in [0.25, 0.3) is 0 Å². The Balaban J connectivity index is 2.49. The van der Waals surface area contributed by atoms with Crippen molar-refractivity contribution in [3.05, 3.63) is 69.2 Å². The molecule has 0 aromatic heterocycles. The number of nitrogens with zero attached hydrogens (tertiary/aromatic N) is 1. The average molecular weight is 326 g/mol. The lowest BCUT2D eigenvalue weighted by Gasteiger charge is -2.11. The summed E-state index contributed by atoms with van der Waals surface area (Å²) in [5.41, 5.74) is -0.519. The van der Waals surface area contributed by atoms with Gasteiger partial charge in [-0.05, 0) is 24.3 Å². The second-order valence-corrected chi connectivity index (χ2v) is 5.04. The summed E-state index contributed by atoms with van der Waals surface area (Å²) in [4.78, 5) is 12.3. The molecule has 2 aromatic rings. The van der Waals surface area contributed by atoms with Crippen LogP contribution in [0.15, 0.2) is 36.4 Å². The predicted molar refractivity (Wildman–Crippen MR) is 75.5 cm³/mol. The SMILES string of the molecule is N#CC(C(=O)c1ccc(Cl)cc1F)c1cccc(Cl)c1F. The van der Waals surface area contributed by atoms with Gasteiger partial charge in [0.15, 0.2) is 5.78 Å². The van der Waals surface area contributed by atoms with Crippen LogP contribution in [0.1, 0.15) is 21.8 Å². The maximum atomic E-state index is 13.9. The zero-order chi connectivity index (χ0) is 15.6. The Hall–Kier alpha value is -1.96. The number of benzene rings is 2. The van der Waals surface area contributed by atoms with Crippen LogP contribution in [-0.4, -0.2) is 5.78 Å². The maximum absolute atomic E-state index is 13.9. The highest BCUT2D eigenvalue weighted by Gasteiger charge is 2.27. The lowest BCUT2D eigenvalue weighted by molar-refractivity contribution is 0.0973. The van der Waals surface area contributed by atoms with Gasteiger partial charge in [-0.1, -0.05) is 35.3 Å². The topological polar surface area (TPSA) is 40.9 Å². The van der Waals surface area contributed by atoms with Crippen LogP contribution in [0.4, 0.5) is 8.78 Å². The van der Waals surface area contributed by atoms with Crippen LogP contribution >= 0.6 is 23.2 Å². The van der Waals surface area contributed by atoms with Crippen molar-refractivity contribution in [3.63, 3.8) is 0 Å². The molecule has 2 rings (SSSR count). The van der Waals surface area contributed by atoms with E-state index in [9.17, 15) is 13.6 Å². The number of hydrogen-bond acceptors (Lipinski definition) is 2. The molecular weight excluding hydrogens is 319 g/mol. The van der Waals surface area contributed by atoms with E-state index in [1.54, 1.807) is 6.07 Å². The van der Waals surface area contributed by atoms with Gasteiger partial charge in [0, 0.05) is 10.6 Å². The van der Waals surface area contributed by atoms with Gasteiger partial charge in [0.1, 0.15) is 17.6 Å². The maximum Gasteiger partial charge on any atom is 0.187 e. The van der Waals surface area contributed by atoms with Crippen molar-refractivity contribution in [1.82, 2.24) is 0 Å². The van der Waals surface area contributed by atoms with Gasteiger partial charge >= 0.3 is 0 Å². The molecule has 0 spiro atoms. The number of Topliss-reactive ketones (excluding diaryl/α,β-unsaturated/α-hetero) is 1. The molecule has 0 heterocycles. The second-order valence-electron chi connectivity index (χ2n) is 4.19. The Bertz CT molecular complexity index is 756. The van der Waals surface area contributed by atoms with Crippen LogP contribution in [0, 0.1) is 23.0 Å². The van der Waals surface area contributed by atoms with E-state index >= 15 is 0 Å². The van der Waals surface area contributed by atoms with Gasteiger partial charge in [-0.15, -0.1) is 0 Å². The monoisotopic (exact) mass is 325 g/mol. The molecule has 0 saturated heterocycles. The van der Waals surface area contributed by atoms with E-state index in [2.05, 4.69) is 0 Å². The molecule has 21 heavy (non-hydrogen) atoms. The van der Waals surface area contributed by atoms with Crippen LogP contribution < -0.4 is 0 Å². The van der Waals surface area contributed by atoms with Gasteiger partial charge in [-0.3, -0.25) is 4.79 Å². The predicted octanol–water partition coefficient (Wildman–Crippen LogP) is 4.76. The summed E-state index contributed by atoms with van der Waals surface area (Å²) in [6.45, 7) is 0. The summed E-state index contributed by atoms with van der Waals surface area (Å²) in [5, 5.41) is 9.05. The lowest BCUT2D eigenvalue weighted by atomic mass is 9.91. The summed E-state index contributed by atoms with van der Waals surface area (Å²) < 4.78 is 27.7. The van der Waals surface area contributed by atoms with Gasteiger partial charge in [-0.25, -0.2) is 8.78 Å². The Morgan fingerprint density at radius 1 is 1.19 bits per heavy atom. The van der Waals surface area contributed by atoms with Crippen LogP contribution in [0.3, 0.4) is 0 Å². The quantitative estimate of drug-likeness (QED) is 0.763.